The number of amides is 2. The number of fused-ring (bicyclic) bond motifs is 1. The van der Waals surface area contributed by atoms with Gasteiger partial charge in [0.15, 0.2) is 0 Å². The van der Waals surface area contributed by atoms with Crippen molar-refractivity contribution >= 4 is 22.7 Å². The van der Waals surface area contributed by atoms with Gasteiger partial charge in [0.05, 0.1) is 17.5 Å². The molecule has 29 heavy (non-hydrogen) atoms. The third kappa shape index (κ3) is 3.98. The van der Waals surface area contributed by atoms with Crippen LogP contribution in [0.2, 0.25) is 0 Å². The highest BCUT2D eigenvalue weighted by Gasteiger charge is 2.37. The van der Waals surface area contributed by atoms with Gasteiger partial charge in [-0.15, -0.1) is 0 Å². The van der Waals surface area contributed by atoms with Gasteiger partial charge in [0.2, 0.25) is 5.91 Å². The number of nitriles is 1. The van der Waals surface area contributed by atoms with Gasteiger partial charge in [0, 0.05) is 18.5 Å². The average molecular weight is 396 g/mol. The molecule has 152 valence electrons. The van der Waals surface area contributed by atoms with E-state index in [1.807, 2.05) is 0 Å². The van der Waals surface area contributed by atoms with Crippen molar-refractivity contribution in [3.05, 3.63) is 35.8 Å². The third-order valence-corrected chi connectivity index (χ3v) is 6.19. The van der Waals surface area contributed by atoms with Crippen molar-refractivity contribution in [3.63, 3.8) is 0 Å². The minimum Gasteiger partial charge on any atom is -0.347 e. The van der Waals surface area contributed by atoms with E-state index < -0.39 is 6.04 Å². The molecule has 3 unspecified atom stereocenters. The topological polar surface area (TPSA) is 86.9 Å². The second-order valence-corrected chi connectivity index (χ2v) is 8.22. The van der Waals surface area contributed by atoms with Crippen molar-refractivity contribution in [1.82, 2.24) is 15.2 Å². The van der Waals surface area contributed by atoms with Crippen LogP contribution in [0, 0.1) is 29.0 Å². The number of nitrogens with zero attached hydrogens (tertiary/aromatic N) is 2. The maximum absolute atomic E-state index is 13.6. The summed E-state index contributed by atoms with van der Waals surface area (Å²) in [6.07, 6.45) is 5.25. The Morgan fingerprint density at radius 2 is 1.97 bits per heavy atom. The number of benzene rings is 1. The molecule has 2 amide bonds. The summed E-state index contributed by atoms with van der Waals surface area (Å²) in [5, 5.41) is 16.0. The summed E-state index contributed by atoms with van der Waals surface area (Å²) < 4.78 is 15.2. The first-order chi connectivity index (χ1) is 14.0. The van der Waals surface area contributed by atoms with Crippen LogP contribution in [0.1, 0.15) is 49.0 Å². The summed E-state index contributed by atoms with van der Waals surface area (Å²) in [6.45, 7) is 0. The summed E-state index contributed by atoms with van der Waals surface area (Å²) >= 11 is 0. The van der Waals surface area contributed by atoms with E-state index in [-0.39, 0.29) is 35.5 Å². The van der Waals surface area contributed by atoms with Crippen LogP contribution in [-0.4, -0.2) is 28.5 Å². The lowest BCUT2D eigenvalue weighted by Crippen LogP contribution is -2.50. The highest BCUT2D eigenvalue weighted by molar-refractivity contribution is 5.99. The van der Waals surface area contributed by atoms with E-state index in [0.717, 1.165) is 37.5 Å². The van der Waals surface area contributed by atoms with Gasteiger partial charge >= 0.3 is 0 Å². The van der Waals surface area contributed by atoms with E-state index in [9.17, 15) is 19.2 Å². The number of carbonyl (C=O) groups excluding carboxylic acids is 2. The lowest BCUT2D eigenvalue weighted by atomic mass is 9.83. The van der Waals surface area contributed by atoms with Crippen molar-refractivity contribution in [2.75, 3.05) is 0 Å². The molecular formula is C22H25FN4O2. The van der Waals surface area contributed by atoms with Crippen LogP contribution in [0.4, 0.5) is 4.39 Å². The van der Waals surface area contributed by atoms with E-state index in [2.05, 4.69) is 16.7 Å². The Kier molecular flexibility index (Phi) is 5.27. The van der Waals surface area contributed by atoms with Crippen LogP contribution in [0.5, 0.6) is 0 Å². The molecule has 2 aromatic rings. The second-order valence-electron chi connectivity index (χ2n) is 8.22. The molecule has 1 heterocycles. The third-order valence-electron chi connectivity index (χ3n) is 6.19. The first-order valence-electron chi connectivity index (χ1n) is 10.2. The molecule has 7 heteroatoms. The zero-order valence-corrected chi connectivity index (χ0v) is 16.5. The van der Waals surface area contributed by atoms with E-state index in [0.29, 0.717) is 17.6 Å². The molecule has 0 radical (unpaired) electrons. The lowest BCUT2D eigenvalue weighted by Gasteiger charge is -2.31. The molecule has 3 atom stereocenters. The molecule has 1 aromatic heterocycles. The van der Waals surface area contributed by atoms with Crippen molar-refractivity contribution in [3.8, 4) is 6.07 Å². The Hall–Kier alpha value is -2.88. The van der Waals surface area contributed by atoms with E-state index in [1.54, 1.807) is 23.7 Å². The van der Waals surface area contributed by atoms with Crippen LogP contribution in [0.3, 0.4) is 0 Å². The fourth-order valence-electron chi connectivity index (χ4n) is 4.33. The fraction of sp³-hybridized carbons (Fsp3) is 0.500. The zero-order valence-electron chi connectivity index (χ0n) is 16.5. The summed E-state index contributed by atoms with van der Waals surface area (Å²) in [6, 6.07) is 7.64. The van der Waals surface area contributed by atoms with Gasteiger partial charge in [-0.05, 0) is 55.9 Å². The fourth-order valence-corrected chi connectivity index (χ4v) is 4.33. The van der Waals surface area contributed by atoms with E-state index in [4.69, 9.17) is 0 Å². The molecular weight excluding hydrogens is 371 g/mol. The molecule has 4 rings (SSSR count). The van der Waals surface area contributed by atoms with Gasteiger partial charge in [-0.25, -0.2) is 4.39 Å². The van der Waals surface area contributed by atoms with Crippen molar-refractivity contribution < 1.29 is 14.0 Å². The normalized spacial score (nSPS) is 22.7. The van der Waals surface area contributed by atoms with Gasteiger partial charge in [0.1, 0.15) is 17.6 Å². The highest BCUT2D eigenvalue weighted by atomic mass is 19.1. The maximum Gasteiger partial charge on any atom is 0.268 e. The second kappa shape index (κ2) is 7.86. The average Bonchev–Trinajstić information content (AvgIpc) is 3.51. The Balaban J connectivity index is 1.49. The molecule has 0 saturated heterocycles. The van der Waals surface area contributed by atoms with Gasteiger partial charge in [-0.3, -0.25) is 9.59 Å². The van der Waals surface area contributed by atoms with E-state index >= 15 is 0 Å². The molecule has 0 spiro atoms. The van der Waals surface area contributed by atoms with Gasteiger partial charge in [-0.1, -0.05) is 12.8 Å². The smallest absolute Gasteiger partial charge is 0.268 e. The molecule has 2 aliphatic rings. The van der Waals surface area contributed by atoms with Crippen LogP contribution in [-0.2, 0) is 11.8 Å². The predicted molar refractivity (Wildman–Crippen MR) is 106 cm³/mol. The summed E-state index contributed by atoms with van der Waals surface area (Å²) in [7, 11) is 1.73. The number of hydrogen-bond acceptors (Lipinski definition) is 3. The number of hydrogen-bond donors (Lipinski definition) is 2. The number of aromatic nitrogens is 1. The standard InChI is InChI=1S/C22H25FN4O2/c1-27-19-11-15(23)9-8-14(19)10-20(27)22(29)25-17-5-3-2-4-16(17)21(28)26-18(12-24)13-6-7-13/h8-11,13,16-18H,2-7H2,1H3,(H,25,29)(H,26,28). The molecule has 0 aliphatic heterocycles. The van der Waals surface area contributed by atoms with E-state index in [1.165, 1.54) is 12.1 Å². The molecule has 6 nitrogen and oxygen atoms in total. The molecule has 2 fully saturated rings. The summed E-state index contributed by atoms with van der Waals surface area (Å²) in [5.74, 6) is -0.844. The van der Waals surface area contributed by atoms with Crippen molar-refractivity contribution in [2.45, 2.75) is 50.6 Å². The number of nitrogens with one attached hydrogen (secondary N) is 2. The zero-order chi connectivity index (χ0) is 20.5. The first-order valence-corrected chi connectivity index (χ1v) is 10.2. The van der Waals surface area contributed by atoms with Crippen molar-refractivity contribution in [2.24, 2.45) is 18.9 Å². The quantitative estimate of drug-likeness (QED) is 0.814. The maximum atomic E-state index is 13.6. The molecule has 2 aliphatic carbocycles. The first kappa shape index (κ1) is 19.4. The number of halogens is 1. The SMILES string of the molecule is Cn1c(C(=O)NC2CCCCC2C(=O)NC(C#N)C2CC2)cc2ccc(F)cc21. The minimum atomic E-state index is -0.436. The highest BCUT2D eigenvalue weighted by Crippen LogP contribution is 2.33. The lowest BCUT2D eigenvalue weighted by molar-refractivity contribution is -0.127. The Morgan fingerprint density at radius 3 is 2.69 bits per heavy atom. The van der Waals surface area contributed by atoms with Gasteiger partial charge < -0.3 is 15.2 Å². The van der Waals surface area contributed by atoms with Crippen LogP contribution < -0.4 is 10.6 Å². The monoisotopic (exact) mass is 396 g/mol. The Morgan fingerprint density at radius 1 is 1.21 bits per heavy atom. The van der Waals surface area contributed by atoms with Crippen LogP contribution in [0.25, 0.3) is 10.9 Å². The largest absolute Gasteiger partial charge is 0.347 e. The molecule has 1 aromatic carbocycles. The number of carbonyl (C=O) groups is 2. The summed E-state index contributed by atoms with van der Waals surface area (Å²) in [5.41, 5.74) is 1.08. The predicted octanol–water partition coefficient (Wildman–Crippen LogP) is 3.02. The molecule has 2 N–H and O–H groups in total. The molecule has 0 bridgehead atoms. The van der Waals surface area contributed by atoms with Crippen molar-refractivity contribution in [1.29, 1.82) is 5.26 Å². The Bertz CT molecular complexity index is 989. The van der Waals surface area contributed by atoms with Gasteiger partial charge in [-0.2, -0.15) is 5.26 Å². The summed E-state index contributed by atoms with van der Waals surface area (Å²) in [4.78, 5) is 25.8. The van der Waals surface area contributed by atoms with Crippen LogP contribution in [0.15, 0.2) is 24.3 Å². The number of aryl methyl sites for hydroxylation is 1. The van der Waals surface area contributed by atoms with Crippen LogP contribution >= 0.6 is 0 Å². The molecule has 2 saturated carbocycles. The van der Waals surface area contributed by atoms with Gasteiger partial charge in [0.25, 0.3) is 5.91 Å². The minimum absolute atomic E-state index is 0.146. The number of rotatable bonds is 5. The Labute approximate surface area is 169 Å².